The van der Waals surface area contributed by atoms with Gasteiger partial charge in [0.1, 0.15) is 30.5 Å². The van der Waals surface area contributed by atoms with Crippen LogP contribution in [0.2, 0.25) is 0 Å². The van der Waals surface area contributed by atoms with E-state index in [2.05, 4.69) is 0 Å². The zero-order valence-electron chi connectivity index (χ0n) is 24.9. The molecule has 3 aromatic carbocycles. The van der Waals surface area contributed by atoms with Gasteiger partial charge in [-0.05, 0) is 87.9 Å². The highest BCUT2D eigenvalue weighted by atomic mass is 19.1. The van der Waals surface area contributed by atoms with Crippen molar-refractivity contribution in [3.05, 3.63) is 102 Å². The number of hydrogen-bond donors (Lipinski definition) is 1. The van der Waals surface area contributed by atoms with Crippen LogP contribution in [0, 0.1) is 12.7 Å². The van der Waals surface area contributed by atoms with Crippen molar-refractivity contribution in [3.8, 4) is 45.1 Å². The maximum Gasteiger partial charge on any atom is 0.337 e. The number of nitrogens with zero attached hydrogens (tertiary/aromatic N) is 3. The van der Waals surface area contributed by atoms with Crippen molar-refractivity contribution in [2.45, 2.75) is 39.4 Å². The van der Waals surface area contributed by atoms with E-state index in [4.69, 9.17) is 24.3 Å². The maximum atomic E-state index is 14.2. The lowest BCUT2D eigenvalue weighted by Gasteiger charge is -2.27. The van der Waals surface area contributed by atoms with Crippen molar-refractivity contribution in [1.82, 2.24) is 14.6 Å². The number of ether oxygens (including phenoxy) is 3. The molecule has 1 unspecified atom stereocenters. The molecular weight excluding hydrogens is 561 g/mol. The van der Waals surface area contributed by atoms with E-state index in [9.17, 15) is 14.3 Å². The van der Waals surface area contributed by atoms with Gasteiger partial charge < -0.3 is 19.3 Å². The first-order chi connectivity index (χ1) is 21.1. The van der Waals surface area contributed by atoms with Gasteiger partial charge in [0, 0.05) is 40.1 Å². The second-order valence-corrected chi connectivity index (χ2v) is 11.5. The molecule has 0 saturated carbocycles. The summed E-state index contributed by atoms with van der Waals surface area (Å²) in [7, 11) is 0. The molecule has 6 bridgehead atoms. The van der Waals surface area contributed by atoms with E-state index in [0.29, 0.717) is 46.4 Å². The Kier molecular flexibility index (Phi) is 7.65. The Labute approximate surface area is 254 Å². The Bertz CT molecular complexity index is 1890. The molecule has 0 aliphatic carbocycles. The summed E-state index contributed by atoms with van der Waals surface area (Å²) in [5.41, 5.74) is 5.02. The fourth-order valence-electron chi connectivity index (χ4n) is 5.28. The molecule has 5 aromatic rings. The van der Waals surface area contributed by atoms with Gasteiger partial charge in [0.15, 0.2) is 11.8 Å². The largest absolute Gasteiger partial charge is 0.490 e. The Morgan fingerprint density at radius 3 is 2.41 bits per heavy atom. The van der Waals surface area contributed by atoms with Crippen molar-refractivity contribution in [3.63, 3.8) is 0 Å². The van der Waals surface area contributed by atoms with E-state index in [1.54, 1.807) is 17.5 Å². The predicted molar refractivity (Wildman–Crippen MR) is 165 cm³/mol. The number of hydrogen-bond acceptors (Lipinski definition) is 6. The van der Waals surface area contributed by atoms with Crippen LogP contribution >= 0.6 is 0 Å². The molecule has 9 heteroatoms. The fourth-order valence-corrected chi connectivity index (χ4v) is 5.28. The average Bonchev–Trinajstić information content (AvgIpc) is 3.40. The molecule has 0 radical (unpaired) electrons. The fraction of sp³-hybridized carbons (Fsp3) is 0.229. The summed E-state index contributed by atoms with van der Waals surface area (Å²) in [5, 5.41) is 15.3. The number of halogens is 1. The number of carboxylic acid groups (broad SMARTS) is 1. The molecule has 0 spiro atoms. The Morgan fingerprint density at radius 1 is 0.955 bits per heavy atom. The first kappa shape index (κ1) is 29.1. The van der Waals surface area contributed by atoms with Crippen molar-refractivity contribution < 1.29 is 28.5 Å². The van der Waals surface area contributed by atoms with Crippen LogP contribution in [0.4, 0.5) is 4.39 Å². The topological polar surface area (TPSA) is 95.2 Å². The van der Waals surface area contributed by atoms with Gasteiger partial charge in [0.2, 0.25) is 0 Å². The Balaban J connectivity index is 1.60. The highest BCUT2D eigenvalue weighted by Gasteiger charge is 2.33. The molecule has 0 saturated heterocycles. The van der Waals surface area contributed by atoms with E-state index < -0.39 is 23.5 Å². The highest BCUT2D eigenvalue weighted by Crippen LogP contribution is 2.38. The zero-order chi connectivity index (χ0) is 31.0. The summed E-state index contributed by atoms with van der Waals surface area (Å²) in [6, 6.07) is 21.5. The maximum absolute atomic E-state index is 14.2. The SMILES string of the molecule is Cc1nc2cc3nn2c(c1C(OC(C)(C)C)C(=O)O)-c1ccc(cc1)OCC=CCOc1cc(F)ccc1-c1cccc-3c1. The van der Waals surface area contributed by atoms with Crippen LogP contribution in [0.3, 0.4) is 0 Å². The summed E-state index contributed by atoms with van der Waals surface area (Å²) in [6.45, 7) is 7.77. The average molecular weight is 594 g/mol. The lowest BCUT2D eigenvalue weighted by atomic mass is 9.98. The van der Waals surface area contributed by atoms with E-state index in [-0.39, 0.29) is 6.61 Å². The lowest BCUT2D eigenvalue weighted by Crippen LogP contribution is -2.29. The van der Waals surface area contributed by atoms with Gasteiger partial charge in [-0.3, -0.25) is 0 Å². The summed E-state index contributed by atoms with van der Waals surface area (Å²) in [4.78, 5) is 17.4. The van der Waals surface area contributed by atoms with Gasteiger partial charge in [0.25, 0.3) is 0 Å². The number of carbonyl (C=O) groups is 1. The van der Waals surface area contributed by atoms with Crippen LogP contribution < -0.4 is 9.47 Å². The third kappa shape index (κ3) is 5.91. The molecule has 2 aliphatic heterocycles. The van der Waals surface area contributed by atoms with Gasteiger partial charge in [-0.2, -0.15) is 5.10 Å². The molecule has 4 heterocycles. The van der Waals surface area contributed by atoms with Crippen LogP contribution in [0.15, 0.2) is 84.9 Å². The molecular formula is C35H32FN3O5. The smallest absolute Gasteiger partial charge is 0.337 e. The minimum Gasteiger partial charge on any atom is -0.490 e. The second-order valence-electron chi connectivity index (χ2n) is 11.5. The summed E-state index contributed by atoms with van der Waals surface area (Å²) < 4.78 is 33.9. The number of aliphatic carboxylic acids is 1. The number of aryl methyl sites for hydroxylation is 1. The Hall–Kier alpha value is -5.02. The van der Waals surface area contributed by atoms with Crippen LogP contribution in [-0.2, 0) is 9.53 Å². The van der Waals surface area contributed by atoms with Gasteiger partial charge in [-0.25, -0.2) is 18.7 Å². The number of carboxylic acids is 1. The van der Waals surface area contributed by atoms with Crippen LogP contribution in [-0.4, -0.2) is 44.5 Å². The lowest BCUT2D eigenvalue weighted by molar-refractivity contribution is -0.160. The molecule has 7 rings (SSSR count). The van der Waals surface area contributed by atoms with Gasteiger partial charge >= 0.3 is 5.97 Å². The second kappa shape index (κ2) is 11.6. The molecule has 1 atom stereocenters. The molecule has 0 amide bonds. The van der Waals surface area contributed by atoms with Crippen molar-refractivity contribution in [1.29, 1.82) is 0 Å². The third-order valence-corrected chi connectivity index (χ3v) is 7.18. The standard InChI is InChI=1S/C35H32FN3O5/c1-21-31(33(34(40)41)44-35(2,3)4)32-22-10-13-26(14-11-22)42-16-5-6-17-43-29-19-25(36)12-15-27(29)23-8-7-9-24(18-23)28-20-30(37-21)39(32)38-28/h5-15,18-20,33H,16-17H2,1-4H3,(H,40,41). The molecule has 2 aliphatic rings. The quantitative estimate of drug-likeness (QED) is 0.217. The van der Waals surface area contributed by atoms with Gasteiger partial charge in [0.05, 0.1) is 17.0 Å². The van der Waals surface area contributed by atoms with Crippen molar-refractivity contribution in [2.24, 2.45) is 0 Å². The van der Waals surface area contributed by atoms with Crippen molar-refractivity contribution in [2.75, 3.05) is 13.2 Å². The number of benzene rings is 3. The minimum atomic E-state index is -1.29. The number of rotatable bonds is 3. The predicted octanol–water partition coefficient (Wildman–Crippen LogP) is 7.45. The van der Waals surface area contributed by atoms with Crippen molar-refractivity contribution >= 4 is 11.6 Å². The van der Waals surface area contributed by atoms with Crippen LogP contribution in [0.25, 0.3) is 39.3 Å². The highest BCUT2D eigenvalue weighted by molar-refractivity contribution is 5.81. The summed E-state index contributed by atoms with van der Waals surface area (Å²) >= 11 is 0. The summed E-state index contributed by atoms with van der Waals surface area (Å²) in [6.07, 6.45) is 2.36. The van der Waals surface area contributed by atoms with Crippen LogP contribution in [0.5, 0.6) is 11.5 Å². The first-order valence-corrected chi connectivity index (χ1v) is 14.3. The Morgan fingerprint density at radius 2 is 1.68 bits per heavy atom. The summed E-state index contributed by atoms with van der Waals surface area (Å²) in [5.74, 6) is -0.473. The molecule has 44 heavy (non-hydrogen) atoms. The van der Waals surface area contributed by atoms with E-state index >= 15 is 0 Å². The molecule has 1 N–H and O–H groups in total. The third-order valence-electron chi connectivity index (χ3n) is 7.18. The molecule has 8 nitrogen and oxygen atoms in total. The molecule has 0 fully saturated rings. The molecule has 2 aromatic heterocycles. The number of fused-ring (bicyclic) bond motifs is 6. The van der Waals surface area contributed by atoms with Gasteiger partial charge in [-0.15, -0.1) is 0 Å². The van der Waals surface area contributed by atoms with E-state index in [1.807, 2.05) is 87.5 Å². The first-order valence-electron chi connectivity index (χ1n) is 14.3. The van der Waals surface area contributed by atoms with E-state index in [1.165, 1.54) is 12.1 Å². The van der Waals surface area contributed by atoms with Crippen LogP contribution in [0.1, 0.15) is 38.1 Å². The zero-order valence-corrected chi connectivity index (χ0v) is 24.9. The normalized spacial score (nSPS) is 13.8. The minimum absolute atomic E-state index is 0.238. The van der Waals surface area contributed by atoms with E-state index in [0.717, 1.165) is 22.3 Å². The molecule has 224 valence electrons. The monoisotopic (exact) mass is 593 g/mol. The number of aromatic nitrogens is 3. The van der Waals surface area contributed by atoms with Gasteiger partial charge in [-0.1, -0.05) is 18.2 Å².